The van der Waals surface area contributed by atoms with Gasteiger partial charge in [-0.1, -0.05) is 30.3 Å². The Hall–Kier alpha value is -4.86. The van der Waals surface area contributed by atoms with E-state index in [1.165, 1.54) is 6.07 Å². The van der Waals surface area contributed by atoms with E-state index in [9.17, 15) is 19.7 Å². The molecule has 1 saturated carbocycles. The number of carbonyl (C=O) groups is 2. The van der Waals surface area contributed by atoms with Gasteiger partial charge in [0.2, 0.25) is 5.91 Å². The topological polar surface area (TPSA) is 118 Å². The van der Waals surface area contributed by atoms with Crippen molar-refractivity contribution in [2.75, 3.05) is 27.3 Å². The number of fused-ring (bicyclic) bond motifs is 1. The summed E-state index contributed by atoms with van der Waals surface area (Å²) in [7, 11) is 3.14. The zero-order chi connectivity index (χ0) is 29.8. The molecule has 0 saturated heterocycles. The molecule has 10 heteroatoms. The first-order chi connectivity index (χ1) is 20.3. The average molecular weight is 571 g/mol. The van der Waals surface area contributed by atoms with Gasteiger partial charge in [-0.25, -0.2) is 0 Å². The van der Waals surface area contributed by atoms with Crippen LogP contribution < -0.4 is 9.47 Å². The Labute approximate surface area is 244 Å². The van der Waals surface area contributed by atoms with E-state index in [1.54, 1.807) is 49.1 Å². The fourth-order valence-electron chi connectivity index (χ4n) is 5.19. The lowest BCUT2D eigenvalue weighted by molar-refractivity contribution is -0.385. The van der Waals surface area contributed by atoms with Gasteiger partial charge in [0, 0.05) is 53.4 Å². The number of rotatable bonds is 12. The van der Waals surface area contributed by atoms with E-state index in [-0.39, 0.29) is 35.7 Å². The molecule has 2 amide bonds. The fraction of sp³-hybridized carbons (Fsp3) is 0.312. The number of benzene rings is 3. The molecule has 0 bridgehead atoms. The second-order valence-electron chi connectivity index (χ2n) is 10.5. The third kappa shape index (κ3) is 6.22. The Kier molecular flexibility index (Phi) is 8.42. The molecule has 1 heterocycles. The van der Waals surface area contributed by atoms with Crippen molar-refractivity contribution in [3.63, 3.8) is 0 Å². The van der Waals surface area contributed by atoms with Gasteiger partial charge in [-0.2, -0.15) is 0 Å². The second kappa shape index (κ2) is 12.3. The molecule has 1 aliphatic carbocycles. The normalized spacial score (nSPS) is 12.6. The van der Waals surface area contributed by atoms with Gasteiger partial charge in [-0.3, -0.25) is 19.7 Å². The van der Waals surface area contributed by atoms with Crippen molar-refractivity contribution >= 4 is 28.4 Å². The van der Waals surface area contributed by atoms with Crippen LogP contribution in [0.4, 0.5) is 5.69 Å². The number of H-pyrrole nitrogens is 1. The van der Waals surface area contributed by atoms with Gasteiger partial charge < -0.3 is 24.3 Å². The predicted molar refractivity (Wildman–Crippen MR) is 159 cm³/mol. The molecule has 4 aromatic rings. The lowest BCUT2D eigenvalue weighted by Gasteiger charge is -2.28. The van der Waals surface area contributed by atoms with Crippen LogP contribution in [0.2, 0.25) is 0 Å². The van der Waals surface area contributed by atoms with E-state index >= 15 is 0 Å². The maximum absolute atomic E-state index is 13.9. The number of nitro benzene ring substituents is 1. The van der Waals surface area contributed by atoms with Crippen LogP contribution in [-0.4, -0.2) is 64.9 Å². The highest BCUT2D eigenvalue weighted by Crippen LogP contribution is 2.31. The summed E-state index contributed by atoms with van der Waals surface area (Å²) in [4.78, 5) is 45.1. The number of amides is 2. The molecule has 0 spiro atoms. The van der Waals surface area contributed by atoms with Gasteiger partial charge >= 0.3 is 0 Å². The quantitative estimate of drug-likeness (QED) is 0.183. The molecule has 5 rings (SSSR count). The molecule has 0 aliphatic heterocycles. The fourth-order valence-corrected chi connectivity index (χ4v) is 5.19. The SMILES string of the molecule is COc1ccc(CN(CCc2c[nH]c3ccccc23)C(=O)CN(C(=O)c2ccc(C)c([N+](=O)[O-])c2)C2CC2)cc1OC. The first-order valence-corrected chi connectivity index (χ1v) is 13.9. The van der Waals surface area contributed by atoms with Gasteiger partial charge in [0.25, 0.3) is 11.6 Å². The van der Waals surface area contributed by atoms with Crippen LogP contribution in [0.5, 0.6) is 11.5 Å². The number of aromatic nitrogens is 1. The number of methoxy groups -OCH3 is 2. The first-order valence-electron chi connectivity index (χ1n) is 13.9. The van der Waals surface area contributed by atoms with Crippen LogP contribution in [0.3, 0.4) is 0 Å². The Bertz CT molecular complexity index is 1630. The maximum atomic E-state index is 13.9. The number of nitro groups is 1. The first kappa shape index (κ1) is 28.7. The smallest absolute Gasteiger partial charge is 0.273 e. The summed E-state index contributed by atoms with van der Waals surface area (Å²) in [5, 5.41) is 12.6. The van der Waals surface area contributed by atoms with Crippen molar-refractivity contribution in [2.45, 2.75) is 38.8 Å². The lowest BCUT2D eigenvalue weighted by Crippen LogP contribution is -2.44. The molecule has 1 fully saturated rings. The molecule has 42 heavy (non-hydrogen) atoms. The van der Waals surface area contributed by atoms with Gasteiger partial charge in [-0.15, -0.1) is 0 Å². The number of para-hydroxylation sites is 1. The van der Waals surface area contributed by atoms with Crippen molar-refractivity contribution in [3.8, 4) is 11.5 Å². The van der Waals surface area contributed by atoms with Crippen LogP contribution in [0.25, 0.3) is 10.9 Å². The lowest BCUT2D eigenvalue weighted by atomic mass is 10.1. The van der Waals surface area contributed by atoms with Crippen molar-refractivity contribution in [1.29, 1.82) is 0 Å². The largest absolute Gasteiger partial charge is 0.493 e. The van der Waals surface area contributed by atoms with Crippen LogP contribution >= 0.6 is 0 Å². The molecule has 0 atom stereocenters. The van der Waals surface area contributed by atoms with Gasteiger partial charge in [0.05, 0.1) is 19.1 Å². The predicted octanol–water partition coefficient (Wildman–Crippen LogP) is 5.28. The van der Waals surface area contributed by atoms with Crippen LogP contribution in [0, 0.1) is 17.0 Å². The van der Waals surface area contributed by atoms with Crippen LogP contribution in [0.1, 0.15) is 39.9 Å². The van der Waals surface area contributed by atoms with Crippen molar-refractivity contribution in [2.24, 2.45) is 0 Å². The van der Waals surface area contributed by atoms with Crippen LogP contribution in [-0.2, 0) is 17.8 Å². The van der Waals surface area contributed by atoms with Crippen molar-refractivity contribution in [3.05, 3.63) is 99.2 Å². The van der Waals surface area contributed by atoms with E-state index in [1.807, 2.05) is 36.5 Å². The molecule has 1 N–H and O–H groups in total. The molecule has 3 aromatic carbocycles. The molecule has 0 unspecified atom stereocenters. The molecular weight excluding hydrogens is 536 g/mol. The number of aromatic amines is 1. The number of carbonyl (C=O) groups excluding carboxylic acids is 2. The summed E-state index contributed by atoms with van der Waals surface area (Å²) in [6, 6.07) is 18.0. The summed E-state index contributed by atoms with van der Waals surface area (Å²) >= 11 is 0. The van der Waals surface area contributed by atoms with Crippen molar-refractivity contribution in [1.82, 2.24) is 14.8 Å². The summed E-state index contributed by atoms with van der Waals surface area (Å²) in [5.41, 5.74) is 3.55. The minimum Gasteiger partial charge on any atom is -0.493 e. The molecule has 0 radical (unpaired) electrons. The molecule has 1 aromatic heterocycles. The number of hydrogen-bond acceptors (Lipinski definition) is 6. The minimum absolute atomic E-state index is 0.0710. The second-order valence-corrected chi connectivity index (χ2v) is 10.5. The zero-order valence-electron chi connectivity index (χ0n) is 24.0. The summed E-state index contributed by atoms with van der Waals surface area (Å²) in [6.07, 6.45) is 4.16. The number of hydrogen-bond donors (Lipinski definition) is 1. The Balaban J connectivity index is 1.40. The van der Waals surface area contributed by atoms with Gasteiger partial charge in [0.1, 0.15) is 6.54 Å². The average Bonchev–Trinajstić information content (AvgIpc) is 3.76. The summed E-state index contributed by atoms with van der Waals surface area (Å²) < 4.78 is 10.8. The Morgan fingerprint density at radius 1 is 1.02 bits per heavy atom. The maximum Gasteiger partial charge on any atom is 0.273 e. The molecular formula is C32H34N4O6. The highest BCUT2D eigenvalue weighted by Gasteiger charge is 2.36. The van der Waals surface area contributed by atoms with E-state index in [4.69, 9.17) is 9.47 Å². The van der Waals surface area contributed by atoms with Crippen LogP contribution in [0.15, 0.2) is 66.9 Å². The number of nitrogens with one attached hydrogen (secondary N) is 1. The van der Waals surface area contributed by atoms with Crippen molar-refractivity contribution < 1.29 is 24.0 Å². The third-order valence-electron chi connectivity index (χ3n) is 7.71. The third-order valence-corrected chi connectivity index (χ3v) is 7.71. The van der Waals surface area contributed by atoms with E-state index in [2.05, 4.69) is 11.1 Å². The monoisotopic (exact) mass is 570 g/mol. The molecule has 1 aliphatic rings. The van der Waals surface area contributed by atoms with E-state index in [0.717, 1.165) is 34.9 Å². The number of nitrogens with zero attached hydrogens (tertiary/aromatic N) is 3. The zero-order valence-corrected chi connectivity index (χ0v) is 24.0. The van der Waals surface area contributed by atoms with E-state index in [0.29, 0.717) is 36.6 Å². The Morgan fingerprint density at radius 2 is 1.79 bits per heavy atom. The molecule has 218 valence electrons. The van der Waals surface area contributed by atoms with E-state index < -0.39 is 4.92 Å². The minimum atomic E-state index is -0.492. The molecule has 10 nitrogen and oxygen atoms in total. The standard InChI is InChI=1S/C32H34N4O6/c1-21-8-10-23(17-28(21)36(39)40)32(38)35(25-11-12-25)20-31(37)34(19-22-9-13-29(41-2)30(16-22)42-3)15-14-24-18-33-27-7-5-4-6-26(24)27/h4-10,13,16-18,25,33H,11-12,14-15,19-20H2,1-3H3. The summed E-state index contributed by atoms with van der Waals surface area (Å²) in [6.45, 7) is 2.25. The van der Waals surface area contributed by atoms with Gasteiger partial charge in [-0.05, 0) is 61.6 Å². The Morgan fingerprint density at radius 3 is 2.50 bits per heavy atom. The highest BCUT2D eigenvalue weighted by atomic mass is 16.6. The van der Waals surface area contributed by atoms with Gasteiger partial charge in [0.15, 0.2) is 11.5 Å². The number of ether oxygens (including phenoxy) is 2. The summed E-state index contributed by atoms with van der Waals surface area (Å²) in [5.74, 6) is 0.577. The number of aryl methyl sites for hydroxylation is 1. The highest BCUT2D eigenvalue weighted by molar-refractivity contribution is 5.97.